The molecular formula is C17H35N. The zero-order valence-electron chi connectivity index (χ0n) is 13.4. The maximum absolute atomic E-state index is 3.68. The van der Waals surface area contributed by atoms with Gasteiger partial charge in [-0.2, -0.15) is 0 Å². The summed E-state index contributed by atoms with van der Waals surface area (Å²) in [6.45, 7) is 14.3. The van der Waals surface area contributed by atoms with Gasteiger partial charge >= 0.3 is 0 Å². The van der Waals surface area contributed by atoms with E-state index in [0.717, 1.165) is 5.92 Å². The van der Waals surface area contributed by atoms with Crippen molar-refractivity contribution in [1.29, 1.82) is 0 Å². The van der Waals surface area contributed by atoms with Crippen molar-refractivity contribution in [2.75, 3.05) is 13.1 Å². The van der Waals surface area contributed by atoms with Gasteiger partial charge in [0.15, 0.2) is 0 Å². The molecule has 0 aromatic heterocycles. The molecule has 1 heteroatoms. The van der Waals surface area contributed by atoms with E-state index in [0.29, 0.717) is 10.8 Å². The van der Waals surface area contributed by atoms with Crippen LogP contribution in [-0.2, 0) is 0 Å². The van der Waals surface area contributed by atoms with Gasteiger partial charge in [0, 0.05) is 6.54 Å². The predicted octanol–water partition coefficient (Wildman–Crippen LogP) is 5.01. The van der Waals surface area contributed by atoms with E-state index in [1.807, 2.05) is 0 Å². The molecule has 0 aliphatic heterocycles. The zero-order valence-corrected chi connectivity index (χ0v) is 13.4. The van der Waals surface area contributed by atoms with E-state index >= 15 is 0 Å². The fraction of sp³-hybridized carbons (Fsp3) is 1.00. The highest BCUT2D eigenvalue weighted by atomic mass is 14.9. The average molecular weight is 253 g/mol. The second-order valence-electron chi connectivity index (χ2n) is 7.57. The van der Waals surface area contributed by atoms with Crippen LogP contribution in [0.5, 0.6) is 0 Å². The van der Waals surface area contributed by atoms with E-state index in [2.05, 4.69) is 39.9 Å². The van der Waals surface area contributed by atoms with Crippen molar-refractivity contribution in [3.8, 4) is 0 Å². The summed E-state index contributed by atoms with van der Waals surface area (Å²) in [5.41, 5.74) is 1.13. The molecule has 1 aliphatic carbocycles. The highest BCUT2D eigenvalue weighted by Gasteiger charge is 2.37. The summed E-state index contributed by atoms with van der Waals surface area (Å²) in [6.07, 6.45) is 9.79. The summed E-state index contributed by atoms with van der Waals surface area (Å²) in [5, 5.41) is 3.68. The van der Waals surface area contributed by atoms with Crippen molar-refractivity contribution >= 4 is 0 Å². The van der Waals surface area contributed by atoms with Crippen LogP contribution in [0.2, 0.25) is 0 Å². The molecule has 1 fully saturated rings. The molecule has 1 rings (SSSR count). The maximum Gasteiger partial charge on any atom is 0.000780 e. The summed E-state index contributed by atoms with van der Waals surface area (Å²) < 4.78 is 0. The van der Waals surface area contributed by atoms with Gasteiger partial charge < -0.3 is 5.32 Å². The Hall–Kier alpha value is -0.0400. The van der Waals surface area contributed by atoms with Crippen molar-refractivity contribution < 1.29 is 0 Å². The summed E-state index contributed by atoms with van der Waals surface area (Å²) in [5.74, 6) is 0.939. The summed E-state index contributed by atoms with van der Waals surface area (Å²) >= 11 is 0. The lowest BCUT2D eigenvalue weighted by molar-refractivity contribution is 0.0792. The lowest BCUT2D eigenvalue weighted by Gasteiger charge is -2.44. The first kappa shape index (κ1) is 16.0. The second kappa shape index (κ2) is 6.93. The molecule has 0 heterocycles. The molecule has 0 aromatic rings. The molecule has 108 valence electrons. The molecule has 1 aliphatic rings. The topological polar surface area (TPSA) is 12.0 Å². The van der Waals surface area contributed by atoms with Gasteiger partial charge in [-0.25, -0.2) is 0 Å². The van der Waals surface area contributed by atoms with Crippen molar-refractivity contribution in [3.05, 3.63) is 0 Å². The van der Waals surface area contributed by atoms with Gasteiger partial charge in [-0.05, 0) is 61.8 Å². The molecule has 0 radical (unpaired) electrons. The fourth-order valence-electron chi connectivity index (χ4n) is 3.67. The third-order valence-corrected chi connectivity index (χ3v) is 4.98. The minimum Gasteiger partial charge on any atom is -0.316 e. The summed E-state index contributed by atoms with van der Waals surface area (Å²) in [6, 6.07) is 0. The van der Waals surface area contributed by atoms with Crippen LogP contribution >= 0.6 is 0 Å². The Labute approximate surface area is 115 Å². The summed E-state index contributed by atoms with van der Waals surface area (Å²) in [7, 11) is 0. The largest absolute Gasteiger partial charge is 0.316 e. The van der Waals surface area contributed by atoms with Crippen molar-refractivity contribution in [2.24, 2.45) is 16.7 Å². The number of hydrogen-bond donors (Lipinski definition) is 1. The van der Waals surface area contributed by atoms with Crippen LogP contribution in [0.3, 0.4) is 0 Å². The lowest BCUT2D eigenvalue weighted by atomic mass is 9.62. The van der Waals surface area contributed by atoms with E-state index in [1.165, 1.54) is 58.0 Å². The summed E-state index contributed by atoms with van der Waals surface area (Å²) in [4.78, 5) is 0. The standard InChI is InChI=1S/C17H35N/c1-6-10-17(14-18-13-7-2)11-8-15(9-12-17)16(3,4)5/h15,18H,6-14H2,1-5H3. The third kappa shape index (κ3) is 4.57. The molecule has 1 nitrogen and oxygen atoms in total. The van der Waals surface area contributed by atoms with E-state index < -0.39 is 0 Å². The molecule has 0 unspecified atom stereocenters. The van der Waals surface area contributed by atoms with E-state index in [-0.39, 0.29) is 0 Å². The molecule has 1 saturated carbocycles. The smallest absolute Gasteiger partial charge is 0.000780 e. The Morgan fingerprint density at radius 3 is 2.11 bits per heavy atom. The highest BCUT2D eigenvalue weighted by molar-refractivity contribution is 4.90. The SMILES string of the molecule is CCCNCC1(CCC)CCC(C(C)(C)C)CC1. The van der Waals surface area contributed by atoms with Crippen LogP contribution in [0.25, 0.3) is 0 Å². The molecule has 0 spiro atoms. The van der Waals surface area contributed by atoms with Crippen molar-refractivity contribution in [1.82, 2.24) is 5.32 Å². The normalized spacial score (nSPS) is 29.5. The predicted molar refractivity (Wildman–Crippen MR) is 81.9 cm³/mol. The Morgan fingerprint density at radius 2 is 1.67 bits per heavy atom. The van der Waals surface area contributed by atoms with Crippen LogP contribution in [-0.4, -0.2) is 13.1 Å². The maximum atomic E-state index is 3.68. The van der Waals surface area contributed by atoms with Crippen molar-refractivity contribution in [3.63, 3.8) is 0 Å². The molecule has 0 saturated heterocycles. The third-order valence-electron chi connectivity index (χ3n) is 4.98. The minimum atomic E-state index is 0.509. The quantitative estimate of drug-likeness (QED) is 0.656. The average Bonchev–Trinajstić information content (AvgIpc) is 2.29. The molecule has 0 bridgehead atoms. The highest BCUT2D eigenvalue weighted by Crippen LogP contribution is 2.47. The van der Waals surface area contributed by atoms with Gasteiger partial charge in [0.25, 0.3) is 0 Å². The van der Waals surface area contributed by atoms with Gasteiger partial charge in [-0.3, -0.25) is 0 Å². The van der Waals surface area contributed by atoms with Crippen LogP contribution in [0.4, 0.5) is 0 Å². The van der Waals surface area contributed by atoms with Crippen LogP contribution in [0.1, 0.15) is 79.6 Å². The first-order valence-electron chi connectivity index (χ1n) is 8.14. The number of rotatable bonds is 6. The van der Waals surface area contributed by atoms with Gasteiger partial charge in [0.2, 0.25) is 0 Å². The number of hydrogen-bond acceptors (Lipinski definition) is 1. The van der Waals surface area contributed by atoms with Gasteiger partial charge in [0.1, 0.15) is 0 Å². The van der Waals surface area contributed by atoms with E-state index in [1.54, 1.807) is 0 Å². The Kier molecular flexibility index (Phi) is 6.17. The van der Waals surface area contributed by atoms with Crippen molar-refractivity contribution in [2.45, 2.75) is 79.6 Å². The Morgan fingerprint density at radius 1 is 1.06 bits per heavy atom. The first-order chi connectivity index (χ1) is 8.43. The number of nitrogens with one attached hydrogen (secondary N) is 1. The van der Waals surface area contributed by atoms with Gasteiger partial charge in [-0.1, -0.05) is 41.0 Å². The molecular weight excluding hydrogens is 218 g/mol. The van der Waals surface area contributed by atoms with Crippen LogP contribution < -0.4 is 5.32 Å². The zero-order chi connectivity index (χ0) is 13.6. The second-order valence-corrected chi connectivity index (χ2v) is 7.57. The minimum absolute atomic E-state index is 0.509. The van der Waals surface area contributed by atoms with Crippen LogP contribution in [0.15, 0.2) is 0 Å². The van der Waals surface area contributed by atoms with Gasteiger partial charge in [-0.15, -0.1) is 0 Å². The monoisotopic (exact) mass is 253 g/mol. The molecule has 18 heavy (non-hydrogen) atoms. The molecule has 0 amide bonds. The molecule has 0 aromatic carbocycles. The lowest BCUT2D eigenvalue weighted by Crippen LogP contribution is -2.40. The van der Waals surface area contributed by atoms with E-state index in [4.69, 9.17) is 0 Å². The Bertz CT molecular complexity index is 218. The van der Waals surface area contributed by atoms with E-state index in [9.17, 15) is 0 Å². The van der Waals surface area contributed by atoms with Crippen LogP contribution in [0, 0.1) is 16.7 Å². The fourth-order valence-corrected chi connectivity index (χ4v) is 3.67. The molecule has 1 N–H and O–H groups in total. The first-order valence-corrected chi connectivity index (χ1v) is 8.14. The Balaban J connectivity index is 2.51. The van der Waals surface area contributed by atoms with Gasteiger partial charge in [0.05, 0.1) is 0 Å². The molecule has 0 atom stereocenters.